The average molecular weight is 815 g/mol. The van der Waals surface area contributed by atoms with Crippen molar-refractivity contribution in [1.29, 1.82) is 0 Å². The number of benzene rings is 1. The van der Waals surface area contributed by atoms with Crippen molar-refractivity contribution in [2.24, 2.45) is 0 Å². The summed E-state index contributed by atoms with van der Waals surface area (Å²) in [7, 11) is -3.78. The third-order valence-electron chi connectivity index (χ3n) is 6.51. The number of carbonyl (C=O) groups excluding carboxylic acids is 1. The second-order valence-corrected chi connectivity index (χ2v) is 14.1. The van der Waals surface area contributed by atoms with Crippen LogP contribution in [-0.4, -0.2) is 185 Å². The largest absolute Gasteiger partial charge is 0.458 e. The monoisotopic (exact) mass is 814 g/mol. The topological polar surface area (TPSA) is 180 Å². The van der Waals surface area contributed by atoms with E-state index in [1.54, 1.807) is 12.1 Å². The minimum atomic E-state index is -3.78. The van der Waals surface area contributed by atoms with E-state index in [-0.39, 0.29) is 24.7 Å². The number of ether oxygens (including phenoxy) is 13. The third-order valence-corrected chi connectivity index (χ3v) is 7.83. The third kappa shape index (κ3) is 35.0. The molecule has 0 atom stereocenters. The van der Waals surface area contributed by atoms with Crippen molar-refractivity contribution < 1.29 is 79.0 Å². The standard InChI is InChI=1S/C37H66O17S/c1-34-5-7-35(8-6-34)55(39,40)53-32-31-51-28-27-49-24-23-47-20-19-45-16-15-43-12-11-41-9-10-42-13-14-44-17-18-46-21-22-48-25-26-50-29-30-52-33-36(38)54-37(2,3)4/h5-8H,9-33H2,1-4H3. The van der Waals surface area contributed by atoms with Crippen LogP contribution in [-0.2, 0) is 80.7 Å². The Hall–Kier alpha value is -1.88. The predicted octanol–water partition coefficient (Wildman–Crippen LogP) is 2.24. The SMILES string of the molecule is Cc1ccc(S(=O)(=O)OCCOCCOCCOCCOCCOCCOCCOCCOCCOCCOCCOCCOCC(=O)OC(C)(C)C)cc1. The Bertz CT molecular complexity index is 1120. The fourth-order valence-electron chi connectivity index (χ4n) is 3.92. The van der Waals surface area contributed by atoms with Gasteiger partial charge in [0.15, 0.2) is 0 Å². The summed E-state index contributed by atoms with van der Waals surface area (Å²) in [6.45, 7) is 16.9. The average Bonchev–Trinajstić information content (AvgIpc) is 3.13. The van der Waals surface area contributed by atoms with Gasteiger partial charge in [0, 0.05) is 0 Å². The van der Waals surface area contributed by atoms with E-state index in [4.69, 9.17) is 65.8 Å². The maximum atomic E-state index is 12.1. The first-order valence-electron chi connectivity index (χ1n) is 18.7. The van der Waals surface area contributed by atoms with Gasteiger partial charge in [0.2, 0.25) is 0 Å². The van der Waals surface area contributed by atoms with Gasteiger partial charge in [-0.2, -0.15) is 8.42 Å². The highest BCUT2D eigenvalue weighted by atomic mass is 32.2. The number of hydrogen-bond acceptors (Lipinski definition) is 17. The molecule has 1 rings (SSSR count). The van der Waals surface area contributed by atoms with Gasteiger partial charge in [-0.1, -0.05) is 17.7 Å². The number of hydrogen-bond donors (Lipinski definition) is 0. The van der Waals surface area contributed by atoms with Crippen molar-refractivity contribution in [3.63, 3.8) is 0 Å². The molecule has 0 aromatic heterocycles. The van der Waals surface area contributed by atoms with E-state index < -0.39 is 21.7 Å². The minimum absolute atomic E-state index is 0.0656. The number of aryl methyl sites for hydroxylation is 1. The normalized spacial score (nSPS) is 12.1. The van der Waals surface area contributed by atoms with E-state index in [2.05, 4.69) is 0 Å². The Morgan fingerprint density at radius 1 is 0.436 bits per heavy atom. The Morgan fingerprint density at radius 2 is 0.691 bits per heavy atom. The molecule has 0 N–H and O–H groups in total. The highest BCUT2D eigenvalue weighted by molar-refractivity contribution is 7.86. The summed E-state index contributed by atoms with van der Waals surface area (Å²) < 4.78 is 99.4. The van der Waals surface area contributed by atoms with Gasteiger partial charge in [-0.25, -0.2) is 4.79 Å². The lowest BCUT2D eigenvalue weighted by atomic mass is 10.2. The van der Waals surface area contributed by atoms with Crippen LogP contribution in [0.15, 0.2) is 29.2 Å². The van der Waals surface area contributed by atoms with E-state index in [9.17, 15) is 13.2 Å². The lowest BCUT2D eigenvalue weighted by Gasteiger charge is -2.19. The van der Waals surface area contributed by atoms with E-state index in [0.29, 0.717) is 145 Å². The first kappa shape index (κ1) is 51.1. The van der Waals surface area contributed by atoms with Crippen LogP contribution in [0.25, 0.3) is 0 Å². The molecule has 0 heterocycles. The molecule has 0 fully saturated rings. The van der Waals surface area contributed by atoms with Gasteiger partial charge in [0.1, 0.15) is 12.2 Å². The molecule has 0 aliphatic heterocycles. The molecule has 1 aromatic carbocycles. The zero-order valence-electron chi connectivity index (χ0n) is 33.3. The van der Waals surface area contributed by atoms with Gasteiger partial charge >= 0.3 is 5.97 Å². The van der Waals surface area contributed by atoms with Crippen molar-refractivity contribution in [3.05, 3.63) is 29.8 Å². The molecule has 55 heavy (non-hydrogen) atoms. The molecule has 0 unspecified atom stereocenters. The van der Waals surface area contributed by atoms with Crippen molar-refractivity contribution in [2.75, 3.05) is 165 Å². The molecular weight excluding hydrogens is 748 g/mol. The van der Waals surface area contributed by atoms with Gasteiger partial charge in [0.05, 0.1) is 163 Å². The van der Waals surface area contributed by atoms with Crippen molar-refractivity contribution in [1.82, 2.24) is 0 Å². The van der Waals surface area contributed by atoms with Crippen LogP contribution >= 0.6 is 0 Å². The molecule has 0 saturated heterocycles. The van der Waals surface area contributed by atoms with Crippen molar-refractivity contribution >= 4 is 16.1 Å². The van der Waals surface area contributed by atoms with Gasteiger partial charge in [-0.15, -0.1) is 0 Å². The van der Waals surface area contributed by atoms with Crippen LogP contribution in [0.3, 0.4) is 0 Å². The molecule has 0 saturated carbocycles. The summed E-state index contributed by atoms with van der Waals surface area (Å²) in [5.41, 5.74) is 0.452. The summed E-state index contributed by atoms with van der Waals surface area (Å²) in [6, 6.07) is 6.47. The molecule has 0 bridgehead atoms. The van der Waals surface area contributed by atoms with E-state index in [0.717, 1.165) is 5.56 Å². The number of carbonyl (C=O) groups is 1. The van der Waals surface area contributed by atoms with E-state index in [1.807, 2.05) is 27.7 Å². The summed E-state index contributed by atoms with van der Waals surface area (Å²) in [5.74, 6) is -0.394. The molecule has 0 aliphatic carbocycles. The molecule has 0 radical (unpaired) electrons. The maximum Gasteiger partial charge on any atom is 0.332 e. The number of esters is 1. The molecule has 322 valence electrons. The zero-order chi connectivity index (χ0) is 40.1. The summed E-state index contributed by atoms with van der Waals surface area (Å²) >= 11 is 0. The van der Waals surface area contributed by atoms with Gasteiger partial charge in [-0.3, -0.25) is 4.18 Å². The molecular formula is C37H66O17S. The first-order chi connectivity index (χ1) is 26.6. The fourth-order valence-corrected chi connectivity index (χ4v) is 4.81. The summed E-state index contributed by atoms with van der Waals surface area (Å²) in [6.07, 6.45) is 0. The van der Waals surface area contributed by atoms with Crippen LogP contribution in [0, 0.1) is 6.92 Å². The van der Waals surface area contributed by atoms with Crippen molar-refractivity contribution in [2.45, 2.75) is 38.2 Å². The van der Waals surface area contributed by atoms with Gasteiger partial charge < -0.3 is 61.6 Å². The minimum Gasteiger partial charge on any atom is -0.458 e. The van der Waals surface area contributed by atoms with Gasteiger partial charge in [0.25, 0.3) is 10.1 Å². The van der Waals surface area contributed by atoms with Crippen molar-refractivity contribution in [3.8, 4) is 0 Å². The second-order valence-electron chi connectivity index (χ2n) is 12.5. The predicted molar refractivity (Wildman–Crippen MR) is 200 cm³/mol. The van der Waals surface area contributed by atoms with Gasteiger partial charge in [-0.05, 0) is 39.8 Å². The Kier molecular flexibility index (Phi) is 32.8. The number of rotatable bonds is 40. The molecule has 0 amide bonds. The lowest BCUT2D eigenvalue weighted by Crippen LogP contribution is -2.27. The highest BCUT2D eigenvalue weighted by Gasteiger charge is 2.16. The molecule has 17 nitrogen and oxygen atoms in total. The summed E-state index contributed by atoms with van der Waals surface area (Å²) in [5, 5.41) is 0. The lowest BCUT2D eigenvalue weighted by molar-refractivity contribution is -0.160. The molecule has 1 aromatic rings. The Labute approximate surface area is 327 Å². The zero-order valence-corrected chi connectivity index (χ0v) is 34.2. The fraction of sp³-hybridized carbons (Fsp3) is 0.811. The Balaban J connectivity index is 1.67. The van der Waals surface area contributed by atoms with Crippen LogP contribution in [0.1, 0.15) is 26.3 Å². The van der Waals surface area contributed by atoms with Crippen LogP contribution in [0.5, 0.6) is 0 Å². The molecule has 0 spiro atoms. The maximum absolute atomic E-state index is 12.1. The quantitative estimate of drug-likeness (QED) is 0.0534. The van der Waals surface area contributed by atoms with E-state index >= 15 is 0 Å². The molecule has 0 aliphatic rings. The van der Waals surface area contributed by atoms with Crippen LogP contribution in [0.4, 0.5) is 0 Å². The van der Waals surface area contributed by atoms with Crippen LogP contribution < -0.4 is 0 Å². The Morgan fingerprint density at radius 3 is 0.964 bits per heavy atom. The molecule has 18 heteroatoms. The second kappa shape index (κ2) is 35.3. The smallest absolute Gasteiger partial charge is 0.332 e. The highest BCUT2D eigenvalue weighted by Crippen LogP contribution is 2.13. The summed E-state index contributed by atoms with van der Waals surface area (Å²) in [4.78, 5) is 11.6. The first-order valence-corrected chi connectivity index (χ1v) is 20.1. The van der Waals surface area contributed by atoms with Crippen LogP contribution in [0.2, 0.25) is 0 Å². The van der Waals surface area contributed by atoms with E-state index in [1.165, 1.54) is 12.1 Å².